The highest BCUT2D eigenvalue weighted by Gasteiger charge is 2.15. The van der Waals surface area contributed by atoms with Gasteiger partial charge in [-0.1, -0.05) is 0 Å². The Morgan fingerprint density at radius 1 is 1.50 bits per heavy atom. The van der Waals surface area contributed by atoms with Gasteiger partial charge in [0.1, 0.15) is 5.82 Å². The number of hydrogen-bond donors (Lipinski definition) is 2. The van der Waals surface area contributed by atoms with Crippen LogP contribution in [0, 0.1) is 0 Å². The third-order valence-electron chi connectivity index (χ3n) is 3.42. The van der Waals surface area contributed by atoms with Gasteiger partial charge in [-0.25, -0.2) is 4.98 Å². The minimum absolute atomic E-state index is 0.0788. The van der Waals surface area contributed by atoms with Gasteiger partial charge in [-0.2, -0.15) is 0 Å². The average Bonchev–Trinajstić information content (AvgIpc) is 2.49. The van der Waals surface area contributed by atoms with Gasteiger partial charge in [0.2, 0.25) is 0 Å². The molecule has 1 saturated heterocycles. The van der Waals surface area contributed by atoms with Crippen LogP contribution in [0.1, 0.15) is 43.0 Å². The molecule has 20 heavy (non-hydrogen) atoms. The molecule has 0 aromatic carbocycles. The molecule has 2 rings (SSSR count). The molecule has 1 unspecified atom stereocenters. The summed E-state index contributed by atoms with van der Waals surface area (Å²) in [5, 5.41) is 6.05. The first kappa shape index (κ1) is 14.8. The quantitative estimate of drug-likeness (QED) is 0.836. The largest absolute Gasteiger partial charge is 0.378 e. The van der Waals surface area contributed by atoms with E-state index in [4.69, 9.17) is 4.74 Å². The maximum Gasteiger partial charge on any atom is 0.255 e. The molecule has 1 amide bonds. The number of pyridine rings is 1. The second-order valence-corrected chi connectivity index (χ2v) is 4.96. The fourth-order valence-electron chi connectivity index (χ4n) is 2.37. The highest BCUT2D eigenvalue weighted by atomic mass is 16.5. The predicted octanol–water partition coefficient (Wildman–Crippen LogP) is 2.20. The summed E-state index contributed by atoms with van der Waals surface area (Å²) < 4.78 is 5.65. The molecule has 1 aromatic heterocycles. The van der Waals surface area contributed by atoms with E-state index in [0.29, 0.717) is 24.0 Å². The number of amides is 1. The van der Waals surface area contributed by atoms with Gasteiger partial charge in [-0.05, 0) is 44.7 Å². The van der Waals surface area contributed by atoms with Gasteiger partial charge in [-0.15, -0.1) is 0 Å². The van der Waals surface area contributed by atoms with Gasteiger partial charge in [0.25, 0.3) is 5.91 Å². The number of aromatic nitrogens is 1. The minimum atomic E-state index is -0.0788. The molecule has 5 nitrogen and oxygen atoms in total. The van der Waals surface area contributed by atoms with E-state index in [1.807, 2.05) is 6.92 Å². The molecule has 0 radical (unpaired) electrons. The number of carbonyl (C=O) groups excluding carboxylic acids is 1. The lowest BCUT2D eigenvalue weighted by atomic mass is 10.1. The van der Waals surface area contributed by atoms with E-state index in [9.17, 15) is 4.79 Å². The highest BCUT2D eigenvalue weighted by Crippen LogP contribution is 2.15. The van der Waals surface area contributed by atoms with Crippen molar-refractivity contribution in [1.29, 1.82) is 0 Å². The summed E-state index contributed by atoms with van der Waals surface area (Å²) in [7, 11) is 0. The number of hydrogen-bond acceptors (Lipinski definition) is 4. The van der Waals surface area contributed by atoms with Gasteiger partial charge < -0.3 is 15.4 Å². The van der Waals surface area contributed by atoms with E-state index in [2.05, 4.69) is 15.6 Å². The van der Waals surface area contributed by atoms with E-state index in [1.165, 1.54) is 6.42 Å². The molecule has 1 aliphatic heterocycles. The van der Waals surface area contributed by atoms with Crippen LogP contribution in [0.5, 0.6) is 0 Å². The summed E-state index contributed by atoms with van der Waals surface area (Å²) in [4.78, 5) is 16.3. The van der Waals surface area contributed by atoms with E-state index < -0.39 is 0 Å². The summed E-state index contributed by atoms with van der Waals surface area (Å²) >= 11 is 0. The summed E-state index contributed by atoms with van der Waals surface area (Å²) in [5.74, 6) is 0.561. The van der Waals surface area contributed by atoms with Crippen LogP contribution in [-0.2, 0) is 4.74 Å². The molecular formula is C15H23N3O2. The van der Waals surface area contributed by atoms with Crippen LogP contribution in [0.25, 0.3) is 0 Å². The average molecular weight is 277 g/mol. The molecule has 0 saturated carbocycles. The molecule has 5 heteroatoms. The molecule has 110 valence electrons. The Kier molecular flexibility index (Phi) is 5.80. The molecule has 1 atom stereocenters. The Bertz CT molecular complexity index is 431. The third-order valence-corrected chi connectivity index (χ3v) is 3.42. The smallest absolute Gasteiger partial charge is 0.255 e. The van der Waals surface area contributed by atoms with Gasteiger partial charge >= 0.3 is 0 Å². The maximum absolute atomic E-state index is 12.2. The Morgan fingerprint density at radius 2 is 2.40 bits per heavy atom. The predicted molar refractivity (Wildman–Crippen MR) is 78.9 cm³/mol. The van der Waals surface area contributed by atoms with E-state index in [-0.39, 0.29) is 5.91 Å². The van der Waals surface area contributed by atoms with Crippen LogP contribution in [0.2, 0.25) is 0 Å². The topological polar surface area (TPSA) is 63.2 Å². The van der Waals surface area contributed by atoms with Crippen LogP contribution in [0.3, 0.4) is 0 Å². The lowest BCUT2D eigenvalue weighted by Crippen LogP contribution is -2.30. The van der Waals surface area contributed by atoms with Crippen molar-refractivity contribution < 1.29 is 9.53 Å². The third kappa shape index (κ3) is 4.20. The van der Waals surface area contributed by atoms with Crippen LogP contribution in [-0.4, -0.2) is 36.7 Å². The zero-order chi connectivity index (χ0) is 14.2. The molecular weight excluding hydrogens is 254 g/mol. The Morgan fingerprint density at radius 3 is 3.15 bits per heavy atom. The van der Waals surface area contributed by atoms with Crippen molar-refractivity contribution in [2.75, 3.05) is 25.0 Å². The van der Waals surface area contributed by atoms with Gasteiger partial charge in [0.15, 0.2) is 0 Å². The SMILES string of the molecule is CCNc1ncccc1C(=O)NCCC1CCCCO1. The van der Waals surface area contributed by atoms with Gasteiger partial charge in [0.05, 0.1) is 11.7 Å². The first-order chi connectivity index (χ1) is 9.81. The summed E-state index contributed by atoms with van der Waals surface area (Å²) in [6.45, 7) is 4.22. The number of rotatable bonds is 6. The van der Waals surface area contributed by atoms with Crippen molar-refractivity contribution >= 4 is 11.7 Å². The first-order valence-electron chi connectivity index (χ1n) is 7.40. The van der Waals surface area contributed by atoms with Crippen LogP contribution in [0.4, 0.5) is 5.82 Å². The van der Waals surface area contributed by atoms with Crippen molar-refractivity contribution in [3.63, 3.8) is 0 Å². The molecule has 2 N–H and O–H groups in total. The summed E-state index contributed by atoms with van der Waals surface area (Å²) in [5.41, 5.74) is 0.596. The molecule has 1 fully saturated rings. The number of carbonyl (C=O) groups is 1. The Labute approximate surface area is 120 Å². The fourth-order valence-corrected chi connectivity index (χ4v) is 2.37. The molecule has 2 heterocycles. The summed E-state index contributed by atoms with van der Waals surface area (Å²) in [6, 6.07) is 3.57. The van der Waals surface area contributed by atoms with Crippen molar-refractivity contribution in [2.45, 2.75) is 38.7 Å². The Hall–Kier alpha value is -1.62. The number of anilines is 1. The van der Waals surface area contributed by atoms with E-state index >= 15 is 0 Å². The van der Waals surface area contributed by atoms with E-state index in [1.54, 1.807) is 18.3 Å². The maximum atomic E-state index is 12.2. The number of ether oxygens (including phenoxy) is 1. The second-order valence-electron chi connectivity index (χ2n) is 4.96. The van der Waals surface area contributed by atoms with Crippen molar-refractivity contribution in [3.8, 4) is 0 Å². The van der Waals surface area contributed by atoms with Crippen LogP contribution in [0.15, 0.2) is 18.3 Å². The van der Waals surface area contributed by atoms with E-state index in [0.717, 1.165) is 32.4 Å². The molecule has 0 aliphatic carbocycles. The number of nitrogens with one attached hydrogen (secondary N) is 2. The summed E-state index contributed by atoms with van der Waals surface area (Å²) in [6.07, 6.45) is 6.35. The van der Waals surface area contributed by atoms with Gasteiger partial charge in [-0.3, -0.25) is 4.79 Å². The Balaban J connectivity index is 1.82. The fraction of sp³-hybridized carbons (Fsp3) is 0.600. The zero-order valence-corrected chi connectivity index (χ0v) is 12.0. The second kappa shape index (κ2) is 7.85. The molecule has 1 aliphatic rings. The van der Waals surface area contributed by atoms with Crippen LogP contribution >= 0.6 is 0 Å². The van der Waals surface area contributed by atoms with Gasteiger partial charge in [0, 0.05) is 25.9 Å². The lowest BCUT2D eigenvalue weighted by molar-refractivity contribution is 0.0117. The first-order valence-corrected chi connectivity index (χ1v) is 7.40. The lowest BCUT2D eigenvalue weighted by Gasteiger charge is -2.22. The molecule has 1 aromatic rings. The van der Waals surface area contributed by atoms with Crippen molar-refractivity contribution in [2.24, 2.45) is 0 Å². The number of nitrogens with zero attached hydrogens (tertiary/aromatic N) is 1. The minimum Gasteiger partial charge on any atom is -0.378 e. The highest BCUT2D eigenvalue weighted by molar-refractivity contribution is 5.98. The molecule has 0 bridgehead atoms. The van der Waals surface area contributed by atoms with Crippen molar-refractivity contribution in [1.82, 2.24) is 10.3 Å². The monoisotopic (exact) mass is 277 g/mol. The van der Waals surface area contributed by atoms with Crippen molar-refractivity contribution in [3.05, 3.63) is 23.9 Å². The zero-order valence-electron chi connectivity index (χ0n) is 12.0. The molecule has 0 spiro atoms. The normalized spacial score (nSPS) is 18.6. The standard InChI is InChI=1S/C15H23N3O2/c1-2-16-14-13(7-5-9-17-14)15(19)18-10-8-12-6-3-4-11-20-12/h5,7,9,12H,2-4,6,8,10-11H2,1H3,(H,16,17)(H,18,19). The van der Waals surface area contributed by atoms with Crippen LogP contribution < -0.4 is 10.6 Å².